The summed E-state index contributed by atoms with van der Waals surface area (Å²) in [7, 11) is 1.35. The van der Waals surface area contributed by atoms with Crippen LogP contribution in [0.5, 0.6) is 0 Å². The standard InChI is InChI=1S/C23H18N8O2/c1-33-21(32)15-9-7-14(8-10-15)19-12-20(31-30-19)28-23-26-13-25-22(29-23)27-18-6-2-5-17-16(18)4-3-11-24-17/h2-13H,1H3,(H3,25,26,27,28,29,30,31). The Morgan fingerprint density at radius 2 is 1.76 bits per heavy atom. The van der Waals surface area contributed by atoms with Gasteiger partial charge in [0.15, 0.2) is 5.82 Å². The third-order valence-corrected chi connectivity index (χ3v) is 4.90. The largest absolute Gasteiger partial charge is 0.465 e. The second kappa shape index (κ2) is 8.71. The highest BCUT2D eigenvalue weighted by Crippen LogP contribution is 2.25. The molecule has 3 N–H and O–H groups in total. The summed E-state index contributed by atoms with van der Waals surface area (Å²) in [6.45, 7) is 0. The van der Waals surface area contributed by atoms with Crippen LogP contribution < -0.4 is 10.6 Å². The summed E-state index contributed by atoms with van der Waals surface area (Å²) in [5.74, 6) is 0.879. The van der Waals surface area contributed by atoms with Gasteiger partial charge in [0.25, 0.3) is 0 Å². The fourth-order valence-corrected chi connectivity index (χ4v) is 3.30. The fourth-order valence-electron chi connectivity index (χ4n) is 3.30. The molecule has 0 unspecified atom stereocenters. The number of carbonyl (C=O) groups is 1. The lowest BCUT2D eigenvalue weighted by Crippen LogP contribution is -2.03. The highest BCUT2D eigenvalue weighted by molar-refractivity contribution is 5.92. The van der Waals surface area contributed by atoms with Crippen molar-refractivity contribution in [1.82, 2.24) is 30.1 Å². The third kappa shape index (κ3) is 4.30. The Labute approximate surface area is 188 Å². The number of nitrogens with one attached hydrogen (secondary N) is 3. The van der Waals surface area contributed by atoms with Gasteiger partial charge < -0.3 is 15.4 Å². The number of nitrogens with zero attached hydrogens (tertiary/aromatic N) is 5. The topological polar surface area (TPSA) is 131 Å². The summed E-state index contributed by atoms with van der Waals surface area (Å²) in [5.41, 5.74) is 3.83. The molecule has 0 saturated heterocycles. The number of ether oxygens (including phenoxy) is 1. The number of carbonyl (C=O) groups excluding carboxylic acids is 1. The van der Waals surface area contributed by atoms with Crippen LogP contribution >= 0.6 is 0 Å². The van der Waals surface area contributed by atoms with E-state index in [9.17, 15) is 4.79 Å². The molecule has 3 heterocycles. The van der Waals surface area contributed by atoms with Crippen molar-refractivity contribution in [3.63, 3.8) is 0 Å². The van der Waals surface area contributed by atoms with E-state index in [0.29, 0.717) is 23.3 Å². The van der Waals surface area contributed by atoms with E-state index in [1.165, 1.54) is 13.4 Å². The third-order valence-electron chi connectivity index (χ3n) is 4.90. The molecular formula is C23H18N8O2. The molecule has 33 heavy (non-hydrogen) atoms. The number of benzene rings is 2. The number of methoxy groups -OCH3 is 1. The first kappa shape index (κ1) is 20.1. The van der Waals surface area contributed by atoms with E-state index in [2.05, 4.69) is 40.8 Å². The molecule has 10 heteroatoms. The van der Waals surface area contributed by atoms with E-state index in [0.717, 1.165) is 27.8 Å². The number of aromatic amines is 1. The Morgan fingerprint density at radius 3 is 2.58 bits per heavy atom. The number of anilines is 4. The van der Waals surface area contributed by atoms with E-state index in [-0.39, 0.29) is 5.97 Å². The smallest absolute Gasteiger partial charge is 0.337 e. The first-order valence-corrected chi connectivity index (χ1v) is 10.0. The number of esters is 1. The normalized spacial score (nSPS) is 10.7. The van der Waals surface area contributed by atoms with Crippen LogP contribution in [-0.4, -0.2) is 43.2 Å². The SMILES string of the molecule is COC(=O)c1ccc(-c2cc(Nc3ncnc(Nc4cccc5ncccc45)n3)n[nH]2)cc1. The zero-order chi connectivity index (χ0) is 22.6. The van der Waals surface area contributed by atoms with Gasteiger partial charge in [-0.3, -0.25) is 10.1 Å². The minimum atomic E-state index is -0.382. The maximum Gasteiger partial charge on any atom is 0.337 e. The number of aromatic nitrogens is 6. The van der Waals surface area contributed by atoms with Crippen molar-refractivity contribution in [3.8, 4) is 11.3 Å². The molecule has 0 amide bonds. The van der Waals surface area contributed by atoms with E-state index >= 15 is 0 Å². The number of H-pyrrole nitrogens is 1. The Balaban J connectivity index is 1.32. The average molecular weight is 438 g/mol. The molecule has 162 valence electrons. The molecule has 0 aliphatic carbocycles. The molecule has 5 rings (SSSR count). The van der Waals surface area contributed by atoms with Gasteiger partial charge in [-0.2, -0.15) is 10.1 Å². The van der Waals surface area contributed by atoms with Crippen LogP contribution in [0.15, 0.2) is 73.2 Å². The highest BCUT2D eigenvalue weighted by Gasteiger charge is 2.10. The highest BCUT2D eigenvalue weighted by atomic mass is 16.5. The van der Waals surface area contributed by atoms with Crippen molar-refractivity contribution in [2.45, 2.75) is 0 Å². The minimum Gasteiger partial charge on any atom is -0.465 e. The first-order chi connectivity index (χ1) is 16.2. The van der Waals surface area contributed by atoms with Gasteiger partial charge in [-0.25, -0.2) is 14.8 Å². The molecule has 0 fully saturated rings. The van der Waals surface area contributed by atoms with Crippen molar-refractivity contribution in [2.75, 3.05) is 17.7 Å². The molecule has 0 spiro atoms. The van der Waals surface area contributed by atoms with Crippen LogP contribution in [0, 0.1) is 0 Å². The summed E-state index contributed by atoms with van der Waals surface area (Å²) < 4.78 is 4.72. The average Bonchev–Trinajstić information content (AvgIpc) is 3.32. The Bertz CT molecular complexity index is 1430. The number of hydrogen-bond acceptors (Lipinski definition) is 9. The summed E-state index contributed by atoms with van der Waals surface area (Å²) in [5, 5.41) is 14.5. The number of pyridine rings is 1. The summed E-state index contributed by atoms with van der Waals surface area (Å²) in [6, 6.07) is 18.5. The molecule has 0 bridgehead atoms. The molecule has 0 aliphatic rings. The Hall–Kier alpha value is -4.86. The van der Waals surface area contributed by atoms with Crippen LogP contribution in [0.2, 0.25) is 0 Å². The molecule has 0 atom stereocenters. The van der Waals surface area contributed by atoms with Gasteiger partial charge in [0, 0.05) is 17.6 Å². The predicted molar refractivity (Wildman–Crippen MR) is 123 cm³/mol. The zero-order valence-electron chi connectivity index (χ0n) is 17.5. The van der Waals surface area contributed by atoms with Gasteiger partial charge in [0.1, 0.15) is 6.33 Å². The van der Waals surface area contributed by atoms with Gasteiger partial charge in [0.05, 0.1) is 29.6 Å². The fraction of sp³-hybridized carbons (Fsp3) is 0.0435. The van der Waals surface area contributed by atoms with Crippen molar-refractivity contribution in [2.24, 2.45) is 0 Å². The lowest BCUT2D eigenvalue weighted by molar-refractivity contribution is 0.0600. The molecule has 10 nitrogen and oxygen atoms in total. The summed E-state index contributed by atoms with van der Waals surface area (Å²) in [6.07, 6.45) is 3.17. The van der Waals surface area contributed by atoms with Crippen LogP contribution in [0.4, 0.5) is 23.4 Å². The first-order valence-electron chi connectivity index (χ1n) is 10.0. The number of fused-ring (bicyclic) bond motifs is 1. The van der Waals surface area contributed by atoms with E-state index in [4.69, 9.17) is 4.74 Å². The van der Waals surface area contributed by atoms with Crippen molar-refractivity contribution in [1.29, 1.82) is 0 Å². The maximum absolute atomic E-state index is 11.6. The van der Waals surface area contributed by atoms with Gasteiger partial charge >= 0.3 is 5.97 Å². The molecule has 2 aromatic carbocycles. The second-order valence-electron chi connectivity index (χ2n) is 6.99. The van der Waals surface area contributed by atoms with Crippen LogP contribution in [0.1, 0.15) is 10.4 Å². The van der Waals surface area contributed by atoms with Crippen LogP contribution in [-0.2, 0) is 4.74 Å². The molecule has 0 saturated carbocycles. The van der Waals surface area contributed by atoms with Crippen molar-refractivity contribution >= 4 is 40.3 Å². The molecular weight excluding hydrogens is 420 g/mol. The molecule has 0 aliphatic heterocycles. The van der Waals surface area contributed by atoms with Gasteiger partial charge in [0.2, 0.25) is 11.9 Å². The predicted octanol–water partition coefficient (Wildman–Crippen LogP) is 4.08. The molecule has 3 aromatic heterocycles. The van der Waals surface area contributed by atoms with E-state index in [1.807, 2.05) is 48.5 Å². The maximum atomic E-state index is 11.6. The number of hydrogen-bond donors (Lipinski definition) is 3. The van der Waals surface area contributed by atoms with Crippen molar-refractivity contribution < 1.29 is 9.53 Å². The van der Waals surface area contributed by atoms with Gasteiger partial charge in [-0.1, -0.05) is 18.2 Å². The van der Waals surface area contributed by atoms with Crippen LogP contribution in [0.25, 0.3) is 22.2 Å². The minimum absolute atomic E-state index is 0.338. The lowest BCUT2D eigenvalue weighted by Gasteiger charge is -2.08. The Morgan fingerprint density at radius 1 is 0.939 bits per heavy atom. The monoisotopic (exact) mass is 438 g/mol. The number of rotatable bonds is 6. The van der Waals surface area contributed by atoms with Gasteiger partial charge in [-0.15, -0.1) is 0 Å². The quantitative estimate of drug-likeness (QED) is 0.336. The second-order valence-corrected chi connectivity index (χ2v) is 6.99. The summed E-state index contributed by atoms with van der Waals surface area (Å²) >= 11 is 0. The Kier molecular flexibility index (Phi) is 5.30. The van der Waals surface area contributed by atoms with Crippen LogP contribution in [0.3, 0.4) is 0 Å². The van der Waals surface area contributed by atoms with Crippen molar-refractivity contribution in [3.05, 3.63) is 78.8 Å². The zero-order valence-corrected chi connectivity index (χ0v) is 17.5. The summed E-state index contributed by atoms with van der Waals surface area (Å²) in [4.78, 5) is 28.8. The molecule has 0 radical (unpaired) electrons. The lowest BCUT2D eigenvalue weighted by atomic mass is 10.1. The molecule has 5 aromatic rings. The van der Waals surface area contributed by atoms with Gasteiger partial charge in [-0.05, 0) is 42.0 Å². The van der Waals surface area contributed by atoms with E-state index < -0.39 is 0 Å². The van der Waals surface area contributed by atoms with E-state index in [1.54, 1.807) is 18.3 Å².